The summed E-state index contributed by atoms with van der Waals surface area (Å²) in [7, 11) is 0. The molecular weight excluding hydrogens is 404 g/mol. The van der Waals surface area contributed by atoms with Gasteiger partial charge >= 0.3 is 0 Å². The van der Waals surface area contributed by atoms with Crippen LogP contribution in [0.15, 0.2) is 58.7 Å². The van der Waals surface area contributed by atoms with Gasteiger partial charge in [0.15, 0.2) is 5.16 Å². The number of hydrogen-bond acceptors (Lipinski definition) is 4. The van der Waals surface area contributed by atoms with Crippen LogP contribution in [0.2, 0.25) is 5.02 Å². The van der Waals surface area contributed by atoms with Gasteiger partial charge in [0.2, 0.25) is 0 Å². The molecule has 150 valence electrons. The number of benzene rings is 1. The lowest BCUT2D eigenvalue weighted by Crippen LogP contribution is -2.23. The quantitative estimate of drug-likeness (QED) is 0.210. The molecule has 0 atom stereocenters. The maximum Gasteiger partial charge on any atom is 0.262 e. The second kappa shape index (κ2) is 9.01. The zero-order chi connectivity index (χ0) is 20.2. The van der Waals surface area contributed by atoms with E-state index in [1.165, 1.54) is 12.8 Å². The second-order valence-electron chi connectivity index (χ2n) is 7.06. The number of rotatable bonds is 8. The first-order valence-corrected chi connectivity index (χ1v) is 11.3. The molecule has 5 nitrogen and oxygen atoms in total. The van der Waals surface area contributed by atoms with E-state index in [2.05, 4.69) is 11.9 Å². The molecule has 3 aromatic heterocycles. The number of nitrogens with zero attached hydrogens (tertiary/aromatic N) is 4. The number of aromatic nitrogens is 4. The number of imidazole rings is 1. The molecule has 0 aliphatic carbocycles. The molecule has 0 saturated carbocycles. The first-order chi connectivity index (χ1) is 14.2. The van der Waals surface area contributed by atoms with E-state index in [0.717, 1.165) is 34.9 Å². The van der Waals surface area contributed by atoms with Gasteiger partial charge in [0, 0.05) is 24.7 Å². The molecule has 0 aliphatic rings. The standard InChI is InChI=1S/C22H23ClN4OS/c1-2-3-4-7-12-27-21(28)18-8-5-6-9-19(18)25-22(27)29-15-17-14-26-13-16(23)10-11-20(26)24-17/h5-6,8-11,13-14H,2-4,7,12,15H2,1H3. The Kier molecular flexibility index (Phi) is 6.21. The van der Waals surface area contributed by atoms with Gasteiger partial charge in [-0.3, -0.25) is 9.36 Å². The first-order valence-electron chi connectivity index (χ1n) is 9.91. The largest absolute Gasteiger partial charge is 0.305 e. The third kappa shape index (κ3) is 4.49. The van der Waals surface area contributed by atoms with Gasteiger partial charge in [-0.2, -0.15) is 0 Å². The first kappa shape index (κ1) is 20.0. The fraction of sp³-hybridized carbons (Fsp3) is 0.318. The van der Waals surface area contributed by atoms with E-state index >= 15 is 0 Å². The molecule has 0 amide bonds. The molecule has 0 aliphatic heterocycles. The lowest BCUT2D eigenvalue weighted by atomic mass is 10.2. The topological polar surface area (TPSA) is 52.2 Å². The number of fused-ring (bicyclic) bond motifs is 2. The van der Waals surface area contributed by atoms with Gasteiger partial charge in [-0.1, -0.05) is 61.7 Å². The van der Waals surface area contributed by atoms with E-state index < -0.39 is 0 Å². The number of hydrogen-bond donors (Lipinski definition) is 0. The summed E-state index contributed by atoms with van der Waals surface area (Å²) >= 11 is 7.62. The summed E-state index contributed by atoms with van der Waals surface area (Å²) in [4.78, 5) is 22.5. The van der Waals surface area contributed by atoms with E-state index in [1.807, 2.05) is 57.8 Å². The Hall–Kier alpha value is -2.31. The average Bonchev–Trinajstić information content (AvgIpc) is 3.13. The van der Waals surface area contributed by atoms with Gasteiger partial charge in [0.25, 0.3) is 5.56 Å². The van der Waals surface area contributed by atoms with Crippen molar-refractivity contribution in [3.8, 4) is 0 Å². The minimum absolute atomic E-state index is 0.0383. The molecule has 7 heteroatoms. The normalized spacial score (nSPS) is 11.5. The number of pyridine rings is 1. The van der Waals surface area contributed by atoms with Crippen molar-refractivity contribution in [2.75, 3.05) is 0 Å². The molecule has 0 fully saturated rings. The zero-order valence-corrected chi connectivity index (χ0v) is 17.9. The summed E-state index contributed by atoms with van der Waals surface area (Å²) in [5.41, 5.74) is 2.56. The Morgan fingerprint density at radius 1 is 1.03 bits per heavy atom. The van der Waals surface area contributed by atoms with E-state index in [-0.39, 0.29) is 5.56 Å². The fourth-order valence-corrected chi connectivity index (χ4v) is 4.45. The number of unbranched alkanes of at least 4 members (excludes halogenated alkanes) is 3. The van der Waals surface area contributed by atoms with Gasteiger partial charge < -0.3 is 4.40 Å². The summed E-state index contributed by atoms with van der Waals surface area (Å²) < 4.78 is 3.75. The van der Waals surface area contributed by atoms with Crippen molar-refractivity contribution in [1.82, 2.24) is 18.9 Å². The maximum absolute atomic E-state index is 13.1. The van der Waals surface area contributed by atoms with E-state index in [1.54, 1.807) is 11.8 Å². The van der Waals surface area contributed by atoms with Crippen LogP contribution in [-0.4, -0.2) is 18.9 Å². The Labute approximate surface area is 178 Å². The lowest BCUT2D eigenvalue weighted by Gasteiger charge is -2.12. The predicted octanol–water partition coefficient (Wildman–Crippen LogP) is 5.57. The van der Waals surface area contributed by atoms with E-state index in [9.17, 15) is 4.79 Å². The summed E-state index contributed by atoms with van der Waals surface area (Å²) in [6, 6.07) is 11.3. The van der Waals surface area contributed by atoms with Crippen LogP contribution in [-0.2, 0) is 12.3 Å². The highest BCUT2D eigenvalue weighted by Crippen LogP contribution is 2.23. The van der Waals surface area contributed by atoms with Crippen LogP contribution in [0.1, 0.15) is 38.3 Å². The molecule has 4 rings (SSSR count). The number of para-hydroxylation sites is 1. The molecule has 0 spiro atoms. The average molecular weight is 427 g/mol. The van der Waals surface area contributed by atoms with Gasteiger partial charge in [-0.25, -0.2) is 9.97 Å². The Balaban J connectivity index is 1.62. The Bertz CT molecular complexity index is 1200. The van der Waals surface area contributed by atoms with Crippen molar-refractivity contribution in [2.24, 2.45) is 0 Å². The van der Waals surface area contributed by atoms with Crippen LogP contribution in [0.5, 0.6) is 0 Å². The lowest BCUT2D eigenvalue weighted by molar-refractivity contribution is 0.531. The van der Waals surface area contributed by atoms with Crippen LogP contribution in [0.4, 0.5) is 0 Å². The monoisotopic (exact) mass is 426 g/mol. The molecule has 0 radical (unpaired) electrons. The highest BCUT2D eigenvalue weighted by Gasteiger charge is 2.12. The molecule has 29 heavy (non-hydrogen) atoms. The summed E-state index contributed by atoms with van der Waals surface area (Å²) in [6.45, 7) is 2.88. The molecule has 0 bridgehead atoms. The fourth-order valence-electron chi connectivity index (χ4n) is 3.38. The van der Waals surface area contributed by atoms with Crippen molar-refractivity contribution in [2.45, 2.75) is 50.1 Å². The Morgan fingerprint density at radius 2 is 1.90 bits per heavy atom. The molecule has 1 aromatic carbocycles. The summed E-state index contributed by atoms with van der Waals surface area (Å²) in [5, 5.41) is 2.10. The van der Waals surface area contributed by atoms with E-state index in [4.69, 9.17) is 16.6 Å². The third-order valence-corrected chi connectivity index (χ3v) is 6.11. The number of thioether (sulfide) groups is 1. The van der Waals surface area contributed by atoms with Crippen molar-refractivity contribution in [3.63, 3.8) is 0 Å². The minimum atomic E-state index is 0.0383. The van der Waals surface area contributed by atoms with Crippen molar-refractivity contribution < 1.29 is 0 Å². The summed E-state index contributed by atoms with van der Waals surface area (Å²) in [5.74, 6) is 0.638. The van der Waals surface area contributed by atoms with Gasteiger partial charge in [-0.15, -0.1) is 0 Å². The van der Waals surface area contributed by atoms with Gasteiger partial charge in [0.1, 0.15) is 5.65 Å². The van der Waals surface area contributed by atoms with Crippen molar-refractivity contribution >= 4 is 39.9 Å². The molecule has 0 unspecified atom stereocenters. The molecule has 0 N–H and O–H groups in total. The molecule has 0 saturated heterocycles. The van der Waals surface area contributed by atoms with Gasteiger partial charge in [-0.05, 0) is 30.7 Å². The predicted molar refractivity (Wildman–Crippen MR) is 120 cm³/mol. The smallest absolute Gasteiger partial charge is 0.262 e. The second-order valence-corrected chi connectivity index (χ2v) is 8.44. The van der Waals surface area contributed by atoms with Crippen LogP contribution in [0, 0.1) is 0 Å². The zero-order valence-electron chi connectivity index (χ0n) is 16.3. The minimum Gasteiger partial charge on any atom is -0.305 e. The Morgan fingerprint density at radius 3 is 2.76 bits per heavy atom. The highest BCUT2D eigenvalue weighted by molar-refractivity contribution is 7.98. The molecular formula is C22H23ClN4OS. The van der Waals surface area contributed by atoms with Crippen LogP contribution < -0.4 is 5.56 Å². The van der Waals surface area contributed by atoms with E-state index in [0.29, 0.717) is 22.7 Å². The van der Waals surface area contributed by atoms with Crippen LogP contribution in [0.25, 0.3) is 16.6 Å². The molecule has 4 aromatic rings. The van der Waals surface area contributed by atoms with Crippen molar-refractivity contribution in [1.29, 1.82) is 0 Å². The molecule has 3 heterocycles. The maximum atomic E-state index is 13.1. The number of halogens is 1. The van der Waals surface area contributed by atoms with Crippen LogP contribution in [0.3, 0.4) is 0 Å². The van der Waals surface area contributed by atoms with Crippen LogP contribution >= 0.6 is 23.4 Å². The third-order valence-electron chi connectivity index (χ3n) is 4.88. The van der Waals surface area contributed by atoms with Crippen molar-refractivity contribution in [3.05, 3.63) is 69.9 Å². The summed E-state index contributed by atoms with van der Waals surface area (Å²) in [6.07, 6.45) is 8.27. The highest BCUT2D eigenvalue weighted by atomic mass is 35.5. The SMILES string of the molecule is CCCCCCn1c(SCc2cn3cc(Cl)ccc3n2)nc2ccccc2c1=O. The van der Waals surface area contributed by atoms with Gasteiger partial charge in [0.05, 0.1) is 21.6 Å².